The van der Waals surface area contributed by atoms with E-state index in [1.165, 1.54) is 11.3 Å². The van der Waals surface area contributed by atoms with Gasteiger partial charge in [0.2, 0.25) is 0 Å². The van der Waals surface area contributed by atoms with Crippen LogP contribution in [0.5, 0.6) is 0 Å². The second-order valence-corrected chi connectivity index (χ2v) is 4.10. The van der Waals surface area contributed by atoms with Crippen LogP contribution < -0.4 is 5.32 Å². The van der Waals surface area contributed by atoms with E-state index >= 15 is 0 Å². The predicted molar refractivity (Wildman–Crippen MR) is 61.2 cm³/mol. The smallest absolute Gasteiger partial charge is 0.132 e. The first kappa shape index (κ1) is 10.4. The zero-order valence-electron chi connectivity index (χ0n) is 9.67. The molecule has 4 heteroatoms. The van der Waals surface area contributed by atoms with Gasteiger partial charge in [0.15, 0.2) is 0 Å². The van der Waals surface area contributed by atoms with E-state index in [4.69, 9.17) is 0 Å². The van der Waals surface area contributed by atoms with Gasteiger partial charge in [-0.2, -0.15) is 0 Å². The Morgan fingerprint density at radius 1 is 1.20 bits per heavy atom. The maximum absolute atomic E-state index is 4.54. The van der Waals surface area contributed by atoms with E-state index in [2.05, 4.69) is 27.2 Å². The largest absolute Gasteiger partial charge is 0.373 e. The van der Waals surface area contributed by atoms with Crippen LogP contribution in [0.1, 0.15) is 17.1 Å². The molecule has 1 aromatic rings. The van der Waals surface area contributed by atoms with Crippen LogP contribution in [0.4, 0.5) is 5.82 Å². The van der Waals surface area contributed by atoms with Crippen LogP contribution in [0.15, 0.2) is 0 Å². The SMILES string of the molecule is CNc1nc(C)nc2c1CCN(C)CC2. The molecule has 0 bridgehead atoms. The number of nitrogens with one attached hydrogen (secondary N) is 1. The Hall–Kier alpha value is -1.16. The lowest BCUT2D eigenvalue weighted by Crippen LogP contribution is -2.20. The van der Waals surface area contributed by atoms with Crippen LogP contribution in [0.25, 0.3) is 0 Å². The number of hydrogen-bond donors (Lipinski definition) is 1. The van der Waals surface area contributed by atoms with Gasteiger partial charge in [0.1, 0.15) is 11.6 Å². The highest BCUT2D eigenvalue weighted by Crippen LogP contribution is 2.20. The minimum absolute atomic E-state index is 0.864. The molecule has 0 unspecified atom stereocenters. The topological polar surface area (TPSA) is 41.1 Å². The van der Waals surface area contributed by atoms with E-state index in [1.54, 1.807) is 0 Å². The number of aryl methyl sites for hydroxylation is 1. The van der Waals surface area contributed by atoms with E-state index in [0.717, 1.165) is 37.6 Å². The summed E-state index contributed by atoms with van der Waals surface area (Å²) in [4.78, 5) is 11.3. The monoisotopic (exact) mass is 206 g/mol. The first-order valence-corrected chi connectivity index (χ1v) is 5.43. The summed E-state index contributed by atoms with van der Waals surface area (Å²) in [6.45, 7) is 4.14. The van der Waals surface area contributed by atoms with E-state index < -0.39 is 0 Å². The average molecular weight is 206 g/mol. The van der Waals surface area contributed by atoms with Crippen LogP contribution >= 0.6 is 0 Å². The van der Waals surface area contributed by atoms with E-state index in [0.29, 0.717) is 0 Å². The van der Waals surface area contributed by atoms with Gasteiger partial charge in [-0.05, 0) is 20.4 Å². The summed E-state index contributed by atoms with van der Waals surface area (Å²) in [5.41, 5.74) is 2.52. The molecule has 1 aromatic heterocycles. The molecule has 0 atom stereocenters. The van der Waals surface area contributed by atoms with Gasteiger partial charge in [-0.15, -0.1) is 0 Å². The highest BCUT2D eigenvalue weighted by molar-refractivity contribution is 5.47. The standard InChI is InChI=1S/C11H18N4/c1-8-13-10-5-7-15(3)6-4-9(10)11(12-2)14-8/h4-7H2,1-3H3,(H,12,13,14). The third-order valence-electron chi connectivity index (χ3n) is 2.92. The average Bonchev–Trinajstić information content (AvgIpc) is 2.40. The molecule has 2 rings (SSSR count). The fourth-order valence-electron chi connectivity index (χ4n) is 2.04. The molecular formula is C11H18N4. The minimum Gasteiger partial charge on any atom is -0.373 e. The first-order chi connectivity index (χ1) is 7.20. The summed E-state index contributed by atoms with van der Waals surface area (Å²) in [6, 6.07) is 0. The lowest BCUT2D eigenvalue weighted by molar-refractivity contribution is 0.352. The summed E-state index contributed by atoms with van der Waals surface area (Å²) >= 11 is 0. The number of hydrogen-bond acceptors (Lipinski definition) is 4. The molecule has 1 aliphatic rings. The van der Waals surface area contributed by atoms with Gasteiger partial charge >= 0.3 is 0 Å². The van der Waals surface area contributed by atoms with Gasteiger partial charge in [-0.25, -0.2) is 9.97 Å². The molecule has 0 saturated carbocycles. The van der Waals surface area contributed by atoms with Crippen molar-refractivity contribution in [3.63, 3.8) is 0 Å². The van der Waals surface area contributed by atoms with Crippen molar-refractivity contribution < 1.29 is 0 Å². The Morgan fingerprint density at radius 2 is 1.93 bits per heavy atom. The first-order valence-electron chi connectivity index (χ1n) is 5.43. The van der Waals surface area contributed by atoms with Gasteiger partial charge in [-0.1, -0.05) is 0 Å². The van der Waals surface area contributed by atoms with Gasteiger partial charge in [0, 0.05) is 32.1 Å². The van der Waals surface area contributed by atoms with Crippen molar-refractivity contribution >= 4 is 5.82 Å². The fourth-order valence-corrected chi connectivity index (χ4v) is 2.04. The number of aromatic nitrogens is 2. The highest BCUT2D eigenvalue weighted by atomic mass is 15.1. The molecule has 0 aliphatic carbocycles. The molecule has 0 spiro atoms. The predicted octanol–water partition coefficient (Wildman–Crippen LogP) is 0.857. The van der Waals surface area contributed by atoms with Crippen molar-refractivity contribution in [3.8, 4) is 0 Å². The molecule has 0 aromatic carbocycles. The molecule has 15 heavy (non-hydrogen) atoms. The number of likely N-dealkylation sites (N-methyl/N-ethyl adjacent to an activating group) is 1. The Morgan fingerprint density at radius 3 is 2.67 bits per heavy atom. The number of nitrogens with zero attached hydrogens (tertiary/aromatic N) is 3. The highest BCUT2D eigenvalue weighted by Gasteiger charge is 2.16. The lowest BCUT2D eigenvalue weighted by atomic mass is 10.1. The third kappa shape index (κ3) is 2.09. The number of fused-ring (bicyclic) bond motifs is 1. The summed E-state index contributed by atoms with van der Waals surface area (Å²) in [7, 11) is 4.09. The van der Waals surface area contributed by atoms with E-state index in [9.17, 15) is 0 Å². The number of anilines is 1. The van der Waals surface area contributed by atoms with Crippen molar-refractivity contribution in [1.82, 2.24) is 14.9 Å². The Balaban J connectivity index is 2.41. The maximum atomic E-state index is 4.54. The van der Waals surface area contributed by atoms with Gasteiger partial charge < -0.3 is 10.2 Å². The zero-order valence-corrected chi connectivity index (χ0v) is 9.67. The molecule has 0 saturated heterocycles. The van der Waals surface area contributed by atoms with Crippen LogP contribution in [0, 0.1) is 6.92 Å². The molecule has 1 aliphatic heterocycles. The van der Waals surface area contributed by atoms with Crippen LogP contribution in [-0.4, -0.2) is 42.1 Å². The molecule has 82 valence electrons. The van der Waals surface area contributed by atoms with Crippen molar-refractivity contribution in [2.45, 2.75) is 19.8 Å². The number of rotatable bonds is 1. The van der Waals surface area contributed by atoms with Crippen LogP contribution in [0.3, 0.4) is 0 Å². The quantitative estimate of drug-likeness (QED) is 0.740. The Labute approximate surface area is 90.7 Å². The maximum Gasteiger partial charge on any atom is 0.132 e. The normalized spacial score (nSPS) is 17.0. The molecule has 0 amide bonds. The Bertz CT molecular complexity index is 362. The van der Waals surface area contributed by atoms with Gasteiger partial charge in [-0.3, -0.25) is 0 Å². The lowest BCUT2D eigenvalue weighted by Gasteiger charge is -2.11. The molecule has 2 heterocycles. The molecule has 0 fully saturated rings. The molecule has 4 nitrogen and oxygen atoms in total. The van der Waals surface area contributed by atoms with Crippen LogP contribution in [0.2, 0.25) is 0 Å². The summed E-state index contributed by atoms with van der Waals surface area (Å²) < 4.78 is 0. The summed E-state index contributed by atoms with van der Waals surface area (Å²) in [5, 5.41) is 3.17. The van der Waals surface area contributed by atoms with Crippen molar-refractivity contribution in [2.24, 2.45) is 0 Å². The van der Waals surface area contributed by atoms with E-state index in [1.807, 2.05) is 14.0 Å². The molecule has 1 N–H and O–H groups in total. The van der Waals surface area contributed by atoms with Gasteiger partial charge in [0.25, 0.3) is 0 Å². The fraction of sp³-hybridized carbons (Fsp3) is 0.636. The molecule has 0 radical (unpaired) electrons. The van der Waals surface area contributed by atoms with Crippen molar-refractivity contribution in [1.29, 1.82) is 0 Å². The summed E-state index contributed by atoms with van der Waals surface area (Å²) in [6.07, 6.45) is 2.08. The van der Waals surface area contributed by atoms with Crippen molar-refractivity contribution in [2.75, 3.05) is 32.5 Å². The Kier molecular flexibility index (Phi) is 2.86. The van der Waals surface area contributed by atoms with E-state index in [-0.39, 0.29) is 0 Å². The summed E-state index contributed by atoms with van der Waals surface area (Å²) in [5.74, 6) is 1.87. The van der Waals surface area contributed by atoms with Crippen LogP contribution in [-0.2, 0) is 12.8 Å². The molecular weight excluding hydrogens is 188 g/mol. The third-order valence-corrected chi connectivity index (χ3v) is 2.92. The second kappa shape index (κ2) is 4.14. The zero-order chi connectivity index (χ0) is 10.8. The van der Waals surface area contributed by atoms with Crippen molar-refractivity contribution in [3.05, 3.63) is 17.1 Å². The second-order valence-electron chi connectivity index (χ2n) is 4.10. The van der Waals surface area contributed by atoms with Gasteiger partial charge in [0.05, 0.1) is 5.69 Å². The minimum atomic E-state index is 0.864.